The van der Waals surface area contributed by atoms with Crippen LogP contribution in [0.2, 0.25) is 0 Å². The highest BCUT2D eigenvalue weighted by Gasteiger charge is 2.40. The number of nitrogens with two attached hydrogens (primary N) is 1. The van der Waals surface area contributed by atoms with Gasteiger partial charge in [0.05, 0.1) is 0 Å². The van der Waals surface area contributed by atoms with E-state index in [1.165, 1.54) is 96.3 Å². The van der Waals surface area contributed by atoms with E-state index in [2.05, 4.69) is 19.9 Å². The molecular weight excluding hydrogens is 338 g/mol. The lowest BCUT2D eigenvalue weighted by Gasteiger charge is -2.36. The lowest BCUT2D eigenvalue weighted by atomic mass is 9.69. The van der Waals surface area contributed by atoms with Gasteiger partial charge in [-0.05, 0) is 82.1 Å². The third-order valence-corrected chi connectivity index (χ3v) is 8.03. The molecule has 2 N–H and O–H groups in total. The molecule has 0 unspecified atom stereocenters. The number of rotatable bonds is 5. The van der Waals surface area contributed by atoms with E-state index in [9.17, 15) is 0 Å². The van der Waals surface area contributed by atoms with Crippen molar-refractivity contribution in [3.05, 3.63) is 28.7 Å². The van der Waals surface area contributed by atoms with Crippen LogP contribution in [0.3, 0.4) is 0 Å². The average Bonchev–Trinajstić information content (AvgIpc) is 3.07. The molecule has 0 spiro atoms. The van der Waals surface area contributed by atoms with E-state index in [1.807, 2.05) is 5.57 Å². The molecule has 0 atom stereocenters. The van der Waals surface area contributed by atoms with Crippen LogP contribution in [0.5, 0.6) is 0 Å². The molecule has 0 aliphatic heterocycles. The summed E-state index contributed by atoms with van der Waals surface area (Å²) in [4.78, 5) is 0. The topological polar surface area (TPSA) is 26.0 Å². The lowest BCUT2D eigenvalue weighted by molar-refractivity contribution is 0.367. The Labute approximate surface area is 174 Å². The molecule has 4 rings (SSSR count). The van der Waals surface area contributed by atoms with Crippen LogP contribution in [-0.2, 0) is 0 Å². The zero-order valence-electron chi connectivity index (χ0n) is 18.7. The Bertz CT molecular complexity index is 572. The van der Waals surface area contributed by atoms with Gasteiger partial charge in [-0.15, -0.1) is 0 Å². The highest BCUT2D eigenvalue weighted by molar-refractivity contribution is 5.58. The summed E-state index contributed by atoms with van der Waals surface area (Å²) < 4.78 is 0. The highest BCUT2D eigenvalue weighted by atomic mass is 14.7. The molecule has 0 saturated heterocycles. The van der Waals surface area contributed by atoms with Gasteiger partial charge in [0, 0.05) is 11.5 Å². The van der Waals surface area contributed by atoms with Crippen LogP contribution in [0.25, 0.3) is 0 Å². The molecule has 3 saturated carbocycles. The average molecular weight is 383 g/mol. The second-order valence-electron chi connectivity index (χ2n) is 11.1. The molecule has 1 radical (unpaired) electrons. The first-order valence-electron chi connectivity index (χ1n) is 12.6. The Morgan fingerprint density at radius 1 is 0.714 bits per heavy atom. The van der Waals surface area contributed by atoms with Crippen LogP contribution >= 0.6 is 0 Å². The van der Waals surface area contributed by atoms with Gasteiger partial charge in [0.25, 0.3) is 0 Å². The minimum Gasteiger partial charge on any atom is -0.326 e. The van der Waals surface area contributed by atoms with Crippen molar-refractivity contribution in [3.8, 4) is 0 Å². The molecule has 0 amide bonds. The number of allylic oxidation sites excluding steroid dienone is 4. The minimum absolute atomic E-state index is 0.106. The zero-order valence-corrected chi connectivity index (χ0v) is 18.7. The van der Waals surface area contributed by atoms with E-state index < -0.39 is 0 Å². The maximum absolute atomic E-state index is 6.65. The fourth-order valence-electron chi connectivity index (χ4n) is 6.72. The first-order chi connectivity index (χ1) is 13.5. The van der Waals surface area contributed by atoms with Crippen LogP contribution in [0.15, 0.2) is 22.8 Å². The molecule has 157 valence electrons. The lowest BCUT2D eigenvalue weighted by Crippen LogP contribution is -2.36. The van der Waals surface area contributed by atoms with Crippen LogP contribution in [0.1, 0.15) is 117 Å². The van der Waals surface area contributed by atoms with Gasteiger partial charge in [-0.2, -0.15) is 0 Å². The van der Waals surface area contributed by atoms with Crippen LogP contribution in [-0.4, -0.2) is 5.54 Å². The fourth-order valence-corrected chi connectivity index (χ4v) is 6.72. The van der Waals surface area contributed by atoms with Gasteiger partial charge in [-0.3, -0.25) is 0 Å². The Hall–Kier alpha value is -0.560. The van der Waals surface area contributed by atoms with Crippen molar-refractivity contribution < 1.29 is 0 Å². The monoisotopic (exact) mass is 382 g/mol. The summed E-state index contributed by atoms with van der Waals surface area (Å²) in [6, 6.07) is 0. The van der Waals surface area contributed by atoms with Gasteiger partial charge in [0.1, 0.15) is 0 Å². The Kier molecular flexibility index (Phi) is 6.70. The van der Waals surface area contributed by atoms with Gasteiger partial charge >= 0.3 is 0 Å². The Morgan fingerprint density at radius 3 is 1.68 bits per heavy atom. The van der Waals surface area contributed by atoms with Crippen molar-refractivity contribution >= 4 is 0 Å². The van der Waals surface area contributed by atoms with Crippen molar-refractivity contribution in [1.82, 2.24) is 0 Å². The Morgan fingerprint density at radius 2 is 1.18 bits per heavy atom. The highest BCUT2D eigenvalue weighted by Crippen LogP contribution is 2.53. The summed E-state index contributed by atoms with van der Waals surface area (Å²) >= 11 is 0. The maximum Gasteiger partial charge on any atom is 0.0284 e. The predicted molar refractivity (Wildman–Crippen MR) is 121 cm³/mol. The molecular formula is C27H44N. The van der Waals surface area contributed by atoms with Gasteiger partial charge in [-0.25, -0.2) is 0 Å². The number of hydrogen-bond acceptors (Lipinski definition) is 1. The molecule has 1 nitrogen and oxygen atoms in total. The summed E-state index contributed by atoms with van der Waals surface area (Å²) in [5.74, 6) is 4.20. The van der Waals surface area contributed by atoms with Crippen molar-refractivity contribution in [2.24, 2.45) is 23.5 Å². The first kappa shape index (κ1) is 20.7. The predicted octanol–water partition coefficient (Wildman–Crippen LogP) is 7.67. The quantitative estimate of drug-likeness (QED) is 0.518. The molecule has 4 aliphatic carbocycles. The van der Waals surface area contributed by atoms with E-state index >= 15 is 0 Å². The van der Waals surface area contributed by atoms with E-state index in [0.29, 0.717) is 0 Å². The van der Waals surface area contributed by atoms with Crippen molar-refractivity contribution in [3.63, 3.8) is 0 Å². The smallest absolute Gasteiger partial charge is 0.0284 e. The summed E-state index contributed by atoms with van der Waals surface area (Å²) in [7, 11) is 0. The van der Waals surface area contributed by atoms with E-state index in [-0.39, 0.29) is 5.54 Å². The van der Waals surface area contributed by atoms with Crippen molar-refractivity contribution in [2.75, 3.05) is 0 Å². The second kappa shape index (κ2) is 9.07. The molecule has 0 aromatic rings. The molecule has 0 aromatic heterocycles. The largest absolute Gasteiger partial charge is 0.326 e. The zero-order chi connectivity index (χ0) is 19.6. The van der Waals surface area contributed by atoms with Gasteiger partial charge in [0.15, 0.2) is 0 Å². The third-order valence-electron chi connectivity index (χ3n) is 8.03. The van der Waals surface area contributed by atoms with Crippen LogP contribution in [0.4, 0.5) is 0 Å². The standard InChI is InChI=1S/C27H44N/c1-27(2,28)19-25-23(20-12-6-3-7-13-20)18-24(21-14-8-4-9-15-21)26(25)22-16-10-5-11-17-22/h18,20-22H,3-17,19,28H2,1-2H3. The summed E-state index contributed by atoms with van der Waals surface area (Å²) in [6.45, 7) is 4.49. The SMILES string of the molecule is CC(C)(N)C[C]1C(C2CCCCC2)=CC(C2CCCCC2)=C1C1CCCCC1. The summed E-state index contributed by atoms with van der Waals surface area (Å²) in [5, 5.41) is 0. The summed E-state index contributed by atoms with van der Waals surface area (Å²) in [5.41, 5.74) is 11.9. The number of hydrogen-bond donors (Lipinski definition) is 1. The van der Waals surface area contributed by atoms with Crippen LogP contribution < -0.4 is 5.73 Å². The molecule has 1 heteroatoms. The molecule has 3 fully saturated rings. The summed E-state index contributed by atoms with van der Waals surface area (Å²) in [6.07, 6.45) is 25.3. The van der Waals surface area contributed by atoms with Gasteiger partial charge < -0.3 is 5.73 Å². The molecule has 0 aromatic carbocycles. The van der Waals surface area contributed by atoms with Crippen molar-refractivity contribution in [2.45, 2.75) is 122 Å². The van der Waals surface area contributed by atoms with E-state index in [0.717, 1.165) is 24.2 Å². The van der Waals surface area contributed by atoms with Gasteiger partial charge in [-0.1, -0.05) is 75.0 Å². The molecule has 4 aliphatic rings. The normalized spacial score (nSPS) is 27.5. The van der Waals surface area contributed by atoms with Gasteiger partial charge in [0.2, 0.25) is 0 Å². The fraction of sp³-hybridized carbons (Fsp3) is 0.815. The van der Waals surface area contributed by atoms with E-state index in [1.54, 1.807) is 17.1 Å². The third kappa shape index (κ3) is 4.77. The maximum atomic E-state index is 6.65. The van der Waals surface area contributed by atoms with Crippen molar-refractivity contribution in [1.29, 1.82) is 0 Å². The minimum atomic E-state index is -0.106. The van der Waals surface area contributed by atoms with Crippen LogP contribution in [0, 0.1) is 23.7 Å². The second-order valence-corrected chi connectivity index (χ2v) is 11.1. The first-order valence-corrected chi connectivity index (χ1v) is 12.6. The Balaban J connectivity index is 1.70. The molecule has 0 heterocycles. The molecule has 0 bridgehead atoms. The van der Waals surface area contributed by atoms with E-state index in [4.69, 9.17) is 5.73 Å². The molecule has 28 heavy (non-hydrogen) atoms.